The second kappa shape index (κ2) is 12.3. The number of benzene rings is 2. The minimum atomic E-state index is -5.67. The van der Waals surface area contributed by atoms with Gasteiger partial charge in [0.25, 0.3) is 0 Å². The van der Waals surface area contributed by atoms with Gasteiger partial charge in [-0.1, -0.05) is 26.0 Å². The quantitative estimate of drug-likeness (QED) is 0.176. The number of alkyl halides is 3. The monoisotopic (exact) mass is 550 g/mol. The summed E-state index contributed by atoms with van der Waals surface area (Å²) < 4.78 is 89.0. The second-order valence-electron chi connectivity index (χ2n) is 7.02. The summed E-state index contributed by atoms with van der Waals surface area (Å²) in [4.78, 5) is 15.1. The molecule has 1 amide bonds. The average molecular weight is 551 g/mol. The Morgan fingerprint density at radius 3 is 2.31 bits per heavy atom. The molecule has 1 aromatic heterocycles. The van der Waals surface area contributed by atoms with Gasteiger partial charge >= 0.3 is 15.6 Å². The molecule has 6 nitrogen and oxygen atoms in total. The molecule has 0 radical (unpaired) electrons. The first kappa shape index (κ1) is 29.2. The van der Waals surface area contributed by atoms with Crippen molar-refractivity contribution in [3.63, 3.8) is 0 Å². The summed E-state index contributed by atoms with van der Waals surface area (Å²) >= 11 is 1.44. The molecule has 0 bridgehead atoms. The predicted octanol–water partition coefficient (Wildman–Crippen LogP) is 6.39. The summed E-state index contributed by atoms with van der Waals surface area (Å²) in [6.07, 6.45) is 2.64. The third-order valence-electron chi connectivity index (χ3n) is 4.65. The average Bonchev–Trinajstić information content (AvgIpc) is 3.10. The van der Waals surface area contributed by atoms with Gasteiger partial charge in [-0.25, -0.2) is 13.8 Å². The van der Waals surface area contributed by atoms with Gasteiger partial charge in [-0.05, 0) is 56.0 Å². The van der Waals surface area contributed by atoms with Crippen molar-refractivity contribution in [2.45, 2.75) is 45.5 Å². The highest BCUT2D eigenvalue weighted by molar-refractivity contribution is 7.88. The zero-order chi connectivity index (χ0) is 27.1. The van der Waals surface area contributed by atoms with E-state index >= 15 is 0 Å². The maximum absolute atomic E-state index is 12.6. The first-order valence-corrected chi connectivity index (χ1v) is 12.9. The summed E-state index contributed by atoms with van der Waals surface area (Å²) in [7, 11) is -5.67. The molecule has 1 heterocycles. The number of hydrogen-bond donors (Lipinski definition) is 1. The second-order valence-corrected chi connectivity index (χ2v) is 9.76. The minimum absolute atomic E-state index is 0.224. The van der Waals surface area contributed by atoms with Gasteiger partial charge in [0.15, 0.2) is 0 Å². The summed E-state index contributed by atoms with van der Waals surface area (Å²) in [5.74, 6) is -1.91. The van der Waals surface area contributed by atoms with Crippen molar-refractivity contribution < 1.29 is 39.3 Å². The van der Waals surface area contributed by atoms with E-state index in [1.54, 1.807) is 6.07 Å². The van der Waals surface area contributed by atoms with Crippen LogP contribution in [-0.4, -0.2) is 25.3 Å². The fourth-order valence-corrected chi connectivity index (χ4v) is 4.67. The number of amides is 1. The lowest BCUT2D eigenvalue weighted by molar-refractivity contribution is -0.105. The molecule has 0 saturated heterocycles. The molecule has 36 heavy (non-hydrogen) atoms. The van der Waals surface area contributed by atoms with Crippen LogP contribution in [0.15, 0.2) is 36.4 Å². The van der Waals surface area contributed by atoms with Crippen molar-refractivity contribution in [1.29, 1.82) is 0 Å². The zero-order valence-corrected chi connectivity index (χ0v) is 21.1. The SMILES string of the molecule is CC.Cc1nc2c(s1)-c1cc(OS(=O)(=O)C(F)(F)F)ccc1CCC2.O=CNc1c(F)cccc1F. The van der Waals surface area contributed by atoms with Crippen LogP contribution in [0.1, 0.15) is 36.5 Å². The number of aryl methyl sites for hydroxylation is 3. The van der Waals surface area contributed by atoms with Crippen molar-refractivity contribution in [3.8, 4) is 16.2 Å². The number of fused-ring (bicyclic) bond motifs is 3. The van der Waals surface area contributed by atoms with E-state index in [1.807, 2.05) is 26.1 Å². The van der Waals surface area contributed by atoms with Gasteiger partial charge in [0.2, 0.25) is 6.41 Å². The van der Waals surface area contributed by atoms with Gasteiger partial charge in [-0.15, -0.1) is 11.3 Å². The molecule has 1 aliphatic rings. The molecule has 3 aromatic rings. The van der Waals surface area contributed by atoms with Gasteiger partial charge < -0.3 is 9.50 Å². The Bertz CT molecular complexity index is 1290. The van der Waals surface area contributed by atoms with Gasteiger partial charge in [0.1, 0.15) is 23.1 Å². The number of halogens is 5. The largest absolute Gasteiger partial charge is 0.534 e. The zero-order valence-electron chi connectivity index (χ0n) is 19.4. The molecular formula is C23H23F5N2O4S2. The Hall–Kier alpha value is -3.06. The van der Waals surface area contributed by atoms with Crippen LogP contribution < -0.4 is 9.50 Å². The van der Waals surface area contributed by atoms with E-state index in [2.05, 4.69) is 9.17 Å². The Kier molecular flexibility index (Phi) is 9.93. The molecule has 0 aliphatic heterocycles. The van der Waals surface area contributed by atoms with Gasteiger partial charge in [0, 0.05) is 5.56 Å². The number of aromatic nitrogens is 1. The third-order valence-corrected chi connectivity index (χ3v) is 6.67. The molecule has 0 unspecified atom stereocenters. The molecule has 1 N–H and O–H groups in total. The van der Waals surface area contributed by atoms with Gasteiger partial charge in [0.05, 0.1) is 15.6 Å². The van der Waals surface area contributed by atoms with E-state index in [4.69, 9.17) is 0 Å². The Labute approximate surface area is 209 Å². The molecule has 0 atom stereocenters. The lowest BCUT2D eigenvalue weighted by atomic mass is 10.0. The Balaban J connectivity index is 0.000000295. The number of anilines is 1. The standard InChI is InChI=1S/C14H12F3NO3S2.C7H5F2NO.C2H6/c1-8-18-12-4-2-3-9-5-6-10(7-11(9)13(12)22-8)21-23(19,20)14(15,16)17;8-5-2-1-3-6(9)7(5)10-4-11;1-2/h5-7H,2-4H2,1H3;1-4H,(H,10,11);1-2H3. The van der Waals surface area contributed by atoms with Crippen LogP contribution in [0.5, 0.6) is 5.75 Å². The fourth-order valence-electron chi connectivity index (χ4n) is 3.20. The maximum Gasteiger partial charge on any atom is 0.534 e. The maximum atomic E-state index is 12.6. The molecular weight excluding hydrogens is 527 g/mol. The molecule has 1 aliphatic carbocycles. The van der Waals surface area contributed by atoms with Crippen molar-refractivity contribution in [2.24, 2.45) is 0 Å². The normalized spacial score (nSPS) is 12.4. The topological polar surface area (TPSA) is 85.4 Å². The lowest BCUT2D eigenvalue weighted by Crippen LogP contribution is -2.28. The number of nitrogens with one attached hydrogen (secondary N) is 1. The van der Waals surface area contributed by atoms with Crippen molar-refractivity contribution in [2.75, 3.05) is 5.32 Å². The smallest absolute Gasteiger partial charge is 0.376 e. The van der Waals surface area contributed by atoms with Crippen molar-refractivity contribution in [1.82, 2.24) is 4.98 Å². The molecule has 0 fully saturated rings. The van der Waals surface area contributed by atoms with Crippen molar-refractivity contribution >= 4 is 33.6 Å². The van der Waals surface area contributed by atoms with Crippen LogP contribution in [-0.2, 0) is 27.8 Å². The first-order chi connectivity index (χ1) is 16.9. The number of carbonyl (C=O) groups is 1. The highest BCUT2D eigenvalue weighted by Gasteiger charge is 2.48. The lowest BCUT2D eigenvalue weighted by Gasteiger charge is -2.12. The molecule has 0 saturated carbocycles. The van der Waals surface area contributed by atoms with E-state index in [0.29, 0.717) is 5.56 Å². The Morgan fingerprint density at radius 1 is 1.08 bits per heavy atom. The van der Waals surface area contributed by atoms with E-state index in [9.17, 15) is 35.2 Å². The van der Waals surface area contributed by atoms with Crippen LogP contribution in [0.3, 0.4) is 0 Å². The number of para-hydroxylation sites is 1. The molecule has 196 valence electrons. The summed E-state index contributed by atoms with van der Waals surface area (Å²) in [5, 5.41) is 2.77. The number of nitrogens with zero attached hydrogens (tertiary/aromatic N) is 1. The van der Waals surface area contributed by atoms with E-state index < -0.39 is 32.9 Å². The summed E-state index contributed by atoms with van der Waals surface area (Å²) in [5.41, 5.74) is -3.34. The molecule has 13 heteroatoms. The summed E-state index contributed by atoms with van der Waals surface area (Å²) in [6, 6.07) is 7.56. The fraction of sp³-hybridized carbons (Fsp3) is 0.304. The van der Waals surface area contributed by atoms with Gasteiger partial charge in [-0.3, -0.25) is 4.79 Å². The Morgan fingerprint density at radius 2 is 1.72 bits per heavy atom. The van der Waals surface area contributed by atoms with E-state index in [-0.39, 0.29) is 12.2 Å². The van der Waals surface area contributed by atoms with Crippen LogP contribution in [0.4, 0.5) is 27.6 Å². The van der Waals surface area contributed by atoms with Crippen molar-refractivity contribution in [3.05, 3.63) is 64.3 Å². The van der Waals surface area contributed by atoms with Crippen LogP contribution in [0.2, 0.25) is 0 Å². The van der Waals surface area contributed by atoms with Crippen LogP contribution >= 0.6 is 11.3 Å². The van der Waals surface area contributed by atoms with E-state index in [0.717, 1.165) is 52.5 Å². The predicted molar refractivity (Wildman–Crippen MR) is 127 cm³/mol. The van der Waals surface area contributed by atoms with Crippen LogP contribution in [0, 0.1) is 18.6 Å². The number of thiazole rings is 1. The summed E-state index contributed by atoms with van der Waals surface area (Å²) in [6.45, 7) is 5.85. The number of rotatable bonds is 4. The molecule has 0 spiro atoms. The first-order valence-electron chi connectivity index (χ1n) is 10.7. The van der Waals surface area contributed by atoms with Crippen LogP contribution in [0.25, 0.3) is 10.4 Å². The van der Waals surface area contributed by atoms with Gasteiger partial charge in [-0.2, -0.15) is 21.6 Å². The minimum Gasteiger partial charge on any atom is -0.376 e. The van der Waals surface area contributed by atoms with E-state index in [1.165, 1.54) is 29.5 Å². The molecule has 4 rings (SSSR count). The molecule has 2 aromatic carbocycles. The third kappa shape index (κ3) is 7.00. The highest BCUT2D eigenvalue weighted by atomic mass is 32.2. The number of carbonyl (C=O) groups excluding carboxylic acids is 1. The highest BCUT2D eigenvalue weighted by Crippen LogP contribution is 2.39. The number of hydrogen-bond acceptors (Lipinski definition) is 6.